The summed E-state index contributed by atoms with van der Waals surface area (Å²) in [7, 11) is 3.18. The van der Waals surface area contributed by atoms with Crippen molar-refractivity contribution in [1.82, 2.24) is 4.90 Å². The van der Waals surface area contributed by atoms with Crippen LogP contribution in [-0.2, 0) is 4.74 Å². The summed E-state index contributed by atoms with van der Waals surface area (Å²) in [6.07, 6.45) is 5.40. The summed E-state index contributed by atoms with van der Waals surface area (Å²) < 4.78 is 18.0. The predicted octanol–water partition coefficient (Wildman–Crippen LogP) is 3.81. The summed E-state index contributed by atoms with van der Waals surface area (Å²) in [6.45, 7) is 2.14. The van der Waals surface area contributed by atoms with Crippen LogP contribution >= 0.6 is 11.8 Å². The Kier molecular flexibility index (Phi) is 10.0. The number of halogens is 1. The molecule has 0 saturated carbocycles. The fraction of sp³-hybridized carbons (Fsp3) is 0.750. The van der Waals surface area contributed by atoms with Gasteiger partial charge in [-0.25, -0.2) is 4.79 Å². The van der Waals surface area contributed by atoms with E-state index in [9.17, 15) is 9.18 Å². The standard InChI is InChI=1S/C12H22FNO2S/c1-4-5-6-7-10-17-11(13)8-9-16-12(15)14(2)3/h8H,4-7,9-10H2,1-3H3. The molecule has 0 fully saturated rings. The van der Waals surface area contributed by atoms with E-state index in [0.717, 1.165) is 18.6 Å². The second-order valence-corrected chi connectivity index (χ2v) is 4.98. The van der Waals surface area contributed by atoms with Gasteiger partial charge in [0.05, 0.1) is 0 Å². The van der Waals surface area contributed by atoms with E-state index in [0.29, 0.717) is 0 Å². The van der Waals surface area contributed by atoms with Crippen molar-refractivity contribution in [2.24, 2.45) is 0 Å². The number of ether oxygens (including phenoxy) is 1. The molecule has 17 heavy (non-hydrogen) atoms. The van der Waals surface area contributed by atoms with Crippen LogP contribution in [-0.4, -0.2) is 37.4 Å². The average molecular weight is 263 g/mol. The van der Waals surface area contributed by atoms with Gasteiger partial charge in [-0.2, -0.15) is 4.39 Å². The number of amides is 1. The molecule has 0 saturated heterocycles. The summed E-state index contributed by atoms with van der Waals surface area (Å²) in [5.41, 5.74) is 0. The lowest BCUT2D eigenvalue weighted by molar-refractivity contribution is 0.129. The fourth-order valence-corrected chi connectivity index (χ4v) is 1.79. The maximum absolute atomic E-state index is 13.2. The zero-order valence-corrected chi connectivity index (χ0v) is 11.7. The highest BCUT2D eigenvalue weighted by Gasteiger charge is 2.03. The predicted molar refractivity (Wildman–Crippen MR) is 70.8 cm³/mol. The van der Waals surface area contributed by atoms with Gasteiger partial charge in [-0.15, -0.1) is 0 Å². The first-order chi connectivity index (χ1) is 8.07. The van der Waals surface area contributed by atoms with Gasteiger partial charge in [0.1, 0.15) is 6.61 Å². The normalized spacial score (nSPS) is 11.4. The molecule has 0 unspecified atom stereocenters. The Morgan fingerprint density at radius 2 is 2.06 bits per heavy atom. The van der Waals surface area contributed by atoms with Crippen molar-refractivity contribution < 1.29 is 13.9 Å². The fourth-order valence-electron chi connectivity index (χ4n) is 1.07. The Balaban J connectivity index is 3.54. The van der Waals surface area contributed by atoms with Crippen LogP contribution in [0.3, 0.4) is 0 Å². The molecule has 1 amide bonds. The van der Waals surface area contributed by atoms with E-state index >= 15 is 0 Å². The van der Waals surface area contributed by atoms with Gasteiger partial charge in [-0.1, -0.05) is 37.9 Å². The van der Waals surface area contributed by atoms with Crippen molar-refractivity contribution in [1.29, 1.82) is 0 Å². The van der Waals surface area contributed by atoms with Crippen LogP contribution in [0, 0.1) is 0 Å². The van der Waals surface area contributed by atoms with Gasteiger partial charge in [0.15, 0.2) is 5.16 Å². The minimum atomic E-state index is -0.456. The van der Waals surface area contributed by atoms with Gasteiger partial charge in [0, 0.05) is 19.8 Å². The molecule has 0 heterocycles. The largest absolute Gasteiger partial charge is 0.445 e. The second kappa shape index (κ2) is 10.4. The summed E-state index contributed by atoms with van der Waals surface area (Å²) >= 11 is 1.18. The Morgan fingerprint density at radius 1 is 1.35 bits per heavy atom. The molecule has 0 bridgehead atoms. The Labute approximate surface area is 107 Å². The molecule has 0 aromatic heterocycles. The first kappa shape index (κ1) is 16.3. The molecular formula is C12H22FNO2S. The van der Waals surface area contributed by atoms with E-state index in [1.165, 1.54) is 35.6 Å². The lowest BCUT2D eigenvalue weighted by atomic mass is 10.2. The van der Waals surface area contributed by atoms with Crippen LogP contribution in [0.15, 0.2) is 11.2 Å². The monoisotopic (exact) mass is 263 g/mol. The first-order valence-corrected chi connectivity index (χ1v) is 6.89. The molecule has 0 aliphatic carbocycles. The number of hydrogen-bond donors (Lipinski definition) is 0. The van der Waals surface area contributed by atoms with Crippen molar-refractivity contribution in [2.45, 2.75) is 32.6 Å². The molecular weight excluding hydrogens is 241 g/mol. The molecule has 0 aromatic carbocycles. The number of carbonyl (C=O) groups is 1. The highest BCUT2D eigenvalue weighted by atomic mass is 32.2. The summed E-state index contributed by atoms with van der Waals surface area (Å²) in [5, 5.41) is -0.270. The number of carbonyl (C=O) groups excluding carboxylic acids is 1. The quantitative estimate of drug-likeness (QED) is 0.624. The maximum Gasteiger partial charge on any atom is 0.409 e. The SMILES string of the molecule is CCCCCCSC(F)=CCOC(=O)N(C)C. The van der Waals surface area contributed by atoms with E-state index in [2.05, 4.69) is 6.92 Å². The van der Waals surface area contributed by atoms with E-state index in [1.54, 1.807) is 14.1 Å². The van der Waals surface area contributed by atoms with E-state index < -0.39 is 6.09 Å². The van der Waals surface area contributed by atoms with Crippen LogP contribution in [0.1, 0.15) is 32.6 Å². The number of hydrogen-bond acceptors (Lipinski definition) is 3. The van der Waals surface area contributed by atoms with Gasteiger partial charge < -0.3 is 9.64 Å². The number of thioether (sulfide) groups is 1. The van der Waals surface area contributed by atoms with Crippen LogP contribution in [0.5, 0.6) is 0 Å². The van der Waals surface area contributed by atoms with E-state index in [-0.39, 0.29) is 11.8 Å². The second-order valence-electron chi connectivity index (χ2n) is 3.89. The van der Waals surface area contributed by atoms with Crippen molar-refractivity contribution in [3.05, 3.63) is 11.2 Å². The molecule has 0 aliphatic rings. The Morgan fingerprint density at radius 3 is 2.65 bits per heavy atom. The average Bonchev–Trinajstić information content (AvgIpc) is 2.28. The summed E-state index contributed by atoms with van der Waals surface area (Å²) in [4.78, 5) is 12.3. The van der Waals surface area contributed by atoms with Crippen LogP contribution in [0.25, 0.3) is 0 Å². The van der Waals surface area contributed by atoms with Crippen LogP contribution in [0.4, 0.5) is 9.18 Å². The summed E-state index contributed by atoms with van der Waals surface area (Å²) in [6, 6.07) is 0. The van der Waals surface area contributed by atoms with Gasteiger partial charge in [0.2, 0.25) is 0 Å². The van der Waals surface area contributed by atoms with Crippen LogP contribution < -0.4 is 0 Å². The third-order valence-electron chi connectivity index (χ3n) is 2.05. The molecule has 0 atom stereocenters. The van der Waals surface area contributed by atoms with Gasteiger partial charge >= 0.3 is 6.09 Å². The van der Waals surface area contributed by atoms with Crippen molar-refractivity contribution in [2.75, 3.05) is 26.5 Å². The Bertz CT molecular complexity index is 245. The molecule has 0 N–H and O–H groups in total. The molecule has 0 radical (unpaired) electrons. The minimum absolute atomic E-state index is 0.00912. The molecule has 5 heteroatoms. The number of nitrogens with zero attached hydrogens (tertiary/aromatic N) is 1. The van der Waals surface area contributed by atoms with Crippen molar-refractivity contribution in [3.8, 4) is 0 Å². The van der Waals surface area contributed by atoms with E-state index in [4.69, 9.17) is 4.74 Å². The molecule has 3 nitrogen and oxygen atoms in total. The maximum atomic E-state index is 13.2. The molecule has 0 aliphatic heterocycles. The lowest BCUT2D eigenvalue weighted by Gasteiger charge is -2.09. The van der Waals surface area contributed by atoms with Gasteiger partial charge in [-0.05, 0) is 12.5 Å². The smallest absolute Gasteiger partial charge is 0.409 e. The topological polar surface area (TPSA) is 29.5 Å². The highest BCUT2D eigenvalue weighted by molar-refractivity contribution is 8.02. The highest BCUT2D eigenvalue weighted by Crippen LogP contribution is 2.18. The Hall–Kier alpha value is -0.710. The molecule has 0 aromatic rings. The minimum Gasteiger partial charge on any atom is -0.445 e. The van der Waals surface area contributed by atoms with Crippen molar-refractivity contribution in [3.63, 3.8) is 0 Å². The number of rotatable bonds is 8. The van der Waals surface area contributed by atoms with E-state index in [1.807, 2.05) is 0 Å². The third-order valence-corrected chi connectivity index (χ3v) is 2.99. The van der Waals surface area contributed by atoms with Crippen molar-refractivity contribution >= 4 is 17.9 Å². The zero-order chi connectivity index (χ0) is 13.1. The van der Waals surface area contributed by atoms with Gasteiger partial charge in [-0.3, -0.25) is 0 Å². The molecule has 100 valence electrons. The zero-order valence-electron chi connectivity index (χ0n) is 10.9. The molecule has 0 spiro atoms. The van der Waals surface area contributed by atoms with Gasteiger partial charge in [0.25, 0.3) is 0 Å². The number of unbranched alkanes of at least 4 members (excludes halogenated alkanes) is 3. The first-order valence-electron chi connectivity index (χ1n) is 5.90. The van der Waals surface area contributed by atoms with Crippen LogP contribution in [0.2, 0.25) is 0 Å². The lowest BCUT2D eigenvalue weighted by Crippen LogP contribution is -2.22. The molecule has 0 rings (SSSR count). The third kappa shape index (κ3) is 10.2. The summed E-state index contributed by atoms with van der Waals surface area (Å²) in [5.74, 6) is 0.782.